The monoisotopic (exact) mass is 471 g/mol. The Morgan fingerprint density at radius 2 is 1.97 bits per heavy atom. The van der Waals surface area contributed by atoms with Crippen LogP contribution >= 0.6 is 0 Å². The molecule has 0 unspecified atom stereocenters. The molecule has 0 fully saturated rings. The third kappa shape index (κ3) is 4.82. The number of aromatic amines is 1. The normalized spacial score (nSPS) is 11.5. The fourth-order valence-electron chi connectivity index (χ4n) is 3.28. The van der Waals surface area contributed by atoms with Gasteiger partial charge in [0.2, 0.25) is 10.0 Å². The lowest BCUT2D eigenvalue weighted by Crippen LogP contribution is -2.20. The standard InChI is InChI=1S/C22H19F2N5O3S/c1-2-8-33(31,32)29-17-6-5-16(23)19(20(17)24)22(30)27-15-9-14-10-18(28-21(14)26-12-15)13-4-3-7-25-11-13/h3-7,9-12,29H,2,8H2,1H3,(H,26,28)(H,27,30). The summed E-state index contributed by atoms with van der Waals surface area (Å²) in [4.78, 5) is 24.1. The van der Waals surface area contributed by atoms with Crippen molar-refractivity contribution in [2.75, 3.05) is 15.8 Å². The van der Waals surface area contributed by atoms with Crippen molar-refractivity contribution in [3.8, 4) is 11.3 Å². The second-order valence-electron chi connectivity index (χ2n) is 7.25. The van der Waals surface area contributed by atoms with E-state index in [9.17, 15) is 22.0 Å². The van der Waals surface area contributed by atoms with Crippen LogP contribution in [0.2, 0.25) is 0 Å². The lowest BCUT2D eigenvalue weighted by atomic mass is 10.1. The molecule has 3 heterocycles. The lowest BCUT2D eigenvalue weighted by Gasteiger charge is -2.12. The molecule has 0 saturated carbocycles. The molecule has 0 aliphatic heterocycles. The topological polar surface area (TPSA) is 117 Å². The number of amides is 1. The van der Waals surface area contributed by atoms with Crippen molar-refractivity contribution < 1.29 is 22.0 Å². The number of nitrogens with one attached hydrogen (secondary N) is 3. The summed E-state index contributed by atoms with van der Waals surface area (Å²) in [6.45, 7) is 1.65. The second kappa shape index (κ2) is 8.94. The van der Waals surface area contributed by atoms with Crippen LogP contribution in [-0.2, 0) is 10.0 Å². The third-order valence-electron chi connectivity index (χ3n) is 4.76. The van der Waals surface area contributed by atoms with Gasteiger partial charge in [-0.05, 0) is 42.8 Å². The highest BCUT2D eigenvalue weighted by molar-refractivity contribution is 7.92. The number of aromatic nitrogens is 3. The smallest absolute Gasteiger partial charge is 0.261 e. The van der Waals surface area contributed by atoms with E-state index in [0.29, 0.717) is 17.5 Å². The zero-order valence-electron chi connectivity index (χ0n) is 17.4. The van der Waals surface area contributed by atoms with E-state index in [4.69, 9.17) is 0 Å². The number of halogens is 2. The number of sulfonamides is 1. The number of hydrogen-bond donors (Lipinski definition) is 3. The minimum atomic E-state index is -3.83. The fraction of sp³-hybridized carbons (Fsp3) is 0.136. The Labute approximate surface area is 188 Å². The van der Waals surface area contributed by atoms with E-state index < -0.39 is 38.8 Å². The van der Waals surface area contributed by atoms with Gasteiger partial charge in [0.05, 0.1) is 23.3 Å². The molecule has 3 aromatic heterocycles. The van der Waals surface area contributed by atoms with Crippen LogP contribution in [0.25, 0.3) is 22.3 Å². The average molecular weight is 471 g/mol. The summed E-state index contributed by atoms with van der Waals surface area (Å²) in [6.07, 6.45) is 4.98. The average Bonchev–Trinajstić information content (AvgIpc) is 3.20. The summed E-state index contributed by atoms with van der Waals surface area (Å²) in [5.41, 5.74) is 0.953. The number of carbonyl (C=O) groups is 1. The van der Waals surface area contributed by atoms with E-state index in [1.807, 2.05) is 10.8 Å². The number of rotatable bonds is 7. The number of carbonyl (C=O) groups excluding carboxylic acids is 1. The maximum absolute atomic E-state index is 14.8. The molecule has 0 bridgehead atoms. The zero-order valence-corrected chi connectivity index (χ0v) is 18.2. The van der Waals surface area contributed by atoms with Gasteiger partial charge in [-0.15, -0.1) is 0 Å². The van der Waals surface area contributed by atoms with E-state index in [-0.39, 0.29) is 11.4 Å². The number of hydrogen-bond acceptors (Lipinski definition) is 5. The van der Waals surface area contributed by atoms with Gasteiger partial charge in [0.1, 0.15) is 17.0 Å². The molecule has 0 atom stereocenters. The van der Waals surface area contributed by atoms with Crippen molar-refractivity contribution >= 4 is 38.3 Å². The Hall–Kier alpha value is -3.86. The van der Waals surface area contributed by atoms with Gasteiger partial charge in [-0.3, -0.25) is 14.5 Å². The van der Waals surface area contributed by atoms with Crippen molar-refractivity contribution in [1.82, 2.24) is 15.0 Å². The maximum atomic E-state index is 14.8. The summed E-state index contributed by atoms with van der Waals surface area (Å²) in [7, 11) is -3.83. The van der Waals surface area contributed by atoms with Crippen LogP contribution in [0.3, 0.4) is 0 Å². The fourth-order valence-corrected chi connectivity index (χ4v) is 4.41. The quantitative estimate of drug-likeness (QED) is 0.371. The molecule has 4 rings (SSSR count). The molecule has 170 valence electrons. The molecule has 0 aliphatic rings. The number of pyridine rings is 2. The molecule has 33 heavy (non-hydrogen) atoms. The van der Waals surface area contributed by atoms with Crippen molar-refractivity contribution in [1.29, 1.82) is 0 Å². The Balaban J connectivity index is 1.61. The largest absolute Gasteiger partial charge is 0.339 e. The number of anilines is 2. The molecule has 4 aromatic rings. The zero-order chi connectivity index (χ0) is 23.6. The molecule has 0 saturated heterocycles. The van der Waals surface area contributed by atoms with E-state index in [0.717, 1.165) is 23.4 Å². The second-order valence-corrected chi connectivity index (χ2v) is 9.09. The van der Waals surface area contributed by atoms with Crippen molar-refractivity contribution in [2.24, 2.45) is 0 Å². The summed E-state index contributed by atoms with van der Waals surface area (Å²) < 4.78 is 55.1. The molecule has 1 aromatic carbocycles. The number of fused-ring (bicyclic) bond motifs is 1. The highest BCUT2D eigenvalue weighted by Gasteiger charge is 2.23. The summed E-state index contributed by atoms with van der Waals surface area (Å²) >= 11 is 0. The predicted molar refractivity (Wildman–Crippen MR) is 121 cm³/mol. The van der Waals surface area contributed by atoms with Gasteiger partial charge in [-0.1, -0.05) is 6.92 Å². The van der Waals surface area contributed by atoms with Crippen LogP contribution in [-0.4, -0.2) is 35.0 Å². The molecule has 8 nitrogen and oxygen atoms in total. The van der Waals surface area contributed by atoms with Crippen LogP contribution in [0.4, 0.5) is 20.2 Å². The Bertz CT molecular complexity index is 1440. The van der Waals surface area contributed by atoms with Crippen molar-refractivity contribution in [3.63, 3.8) is 0 Å². The van der Waals surface area contributed by atoms with Crippen LogP contribution in [0.5, 0.6) is 0 Å². The number of H-pyrrole nitrogens is 1. The molecule has 3 N–H and O–H groups in total. The first-order valence-electron chi connectivity index (χ1n) is 9.96. The van der Waals surface area contributed by atoms with Crippen molar-refractivity contribution in [3.05, 3.63) is 72.2 Å². The molecule has 0 spiro atoms. The highest BCUT2D eigenvalue weighted by atomic mass is 32.2. The minimum Gasteiger partial charge on any atom is -0.339 e. The first-order chi connectivity index (χ1) is 15.8. The predicted octanol–water partition coefficient (Wildman–Crippen LogP) is 4.31. The van der Waals surface area contributed by atoms with Crippen LogP contribution in [0.1, 0.15) is 23.7 Å². The summed E-state index contributed by atoms with van der Waals surface area (Å²) in [5.74, 6) is -3.75. The van der Waals surface area contributed by atoms with E-state index in [1.165, 1.54) is 6.20 Å². The molecular formula is C22H19F2N5O3S. The molecular weight excluding hydrogens is 452 g/mol. The minimum absolute atomic E-state index is 0.208. The van der Waals surface area contributed by atoms with Crippen LogP contribution in [0.15, 0.2) is 55.0 Å². The molecule has 1 amide bonds. The van der Waals surface area contributed by atoms with Gasteiger partial charge < -0.3 is 10.3 Å². The summed E-state index contributed by atoms with van der Waals surface area (Å²) in [5, 5.41) is 3.07. The molecule has 0 radical (unpaired) electrons. The Morgan fingerprint density at radius 3 is 2.70 bits per heavy atom. The van der Waals surface area contributed by atoms with E-state index in [1.54, 1.807) is 37.5 Å². The Morgan fingerprint density at radius 1 is 1.15 bits per heavy atom. The maximum Gasteiger partial charge on any atom is 0.261 e. The van der Waals surface area contributed by atoms with E-state index >= 15 is 0 Å². The number of benzene rings is 1. The van der Waals surface area contributed by atoms with E-state index in [2.05, 4.69) is 20.3 Å². The molecule has 11 heteroatoms. The van der Waals surface area contributed by atoms with Gasteiger partial charge in [0.25, 0.3) is 5.91 Å². The van der Waals surface area contributed by atoms with Crippen LogP contribution < -0.4 is 10.0 Å². The van der Waals surface area contributed by atoms with Crippen LogP contribution in [0, 0.1) is 11.6 Å². The molecule has 0 aliphatic carbocycles. The highest BCUT2D eigenvalue weighted by Crippen LogP contribution is 2.26. The summed E-state index contributed by atoms with van der Waals surface area (Å²) in [6, 6.07) is 8.82. The van der Waals surface area contributed by atoms with Crippen molar-refractivity contribution in [2.45, 2.75) is 13.3 Å². The van der Waals surface area contributed by atoms with Gasteiger partial charge in [0, 0.05) is 29.0 Å². The first-order valence-corrected chi connectivity index (χ1v) is 11.6. The van der Waals surface area contributed by atoms with Gasteiger partial charge in [-0.25, -0.2) is 22.2 Å². The SMILES string of the molecule is CCCS(=O)(=O)Nc1ccc(F)c(C(=O)Nc2cnc3[nH]c(-c4cccnc4)cc3c2)c1F. The van der Waals surface area contributed by atoms with Gasteiger partial charge in [0.15, 0.2) is 5.82 Å². The van der Waals surface area contributed by atoms with Gasteiger partial charge in [-0.2, -0.15) is 0 Å². The first kappa shape index (κ1) is 22.3. The van der Waals surface area contributed by atoms with Gasteiger partial charge >= 0.3 is 0 Å². The number of nitrogens with zero attached hydrogens (tertiary/aromatic N) is 2. The third-order valence-corrected chi connectivity index (χ3v) is 6.23. The lowest BCUT2D eigenvalue weighted by molar-refractivity contribution is 0.101. The Kier molecular flexibility index (Phi) is 6.05.